The number of carbonyl (C=O) groups is 3. The molecule has 2 aromatic rings. The number of hydrogen-bond acceptors (Lipinski definition) is 5. The van der Waals surface area contributed by atoms with Crippen LogP contribution >= 0.6 is 0 Å². The van der Waals surface area contributed by atoms with Gasteiger partial charge in [0.2, 0.25) is 11.8 Å². The van der Waals surface area contributed by atoms with Gasteiger partial charge in [0.15, 0.2) is 11.5 Å². The van der Waals surface area contributed by atoms with Crippen LogP contribution in [0.2, 0.25) is 0 Å². The largest absolute Gasteiger partial charge is 0.493 e. The second-order valence-corrected chi connectivity index (χ2v) is 8.42. The van der Waals surface area contributed by atoms with Crippen molar-refractivity contribution in [2.45, 2.75) is 31.8 Å². The molecule has 0 spiro atoms. The van der Waals surface area contributed by atoms with Crippen molar-refractivity contribution in [3.63, 3.8) is 0 Å². The highest BCUT2D eigenvalue weighted by molar-refractivity contribution is 6.00. The maximum absolute atomic E-state index is 13.4. The first-order chi connectivity index (χ1) is 15.9. The van der Waals surface area contributed by atoms with Crippen LogP contribution in [0.4, 0.5) is 5.69 Å². The highest BCUT2D eigenvalue weighted by Crippen LogP contribution is 2.36. The Morgan fingerprint density at radius 2 is 1.76 bits per heavy atom. The minimum Gasteiger partial charge on any atom is -0.493 e. The molecule has 1 aliphatic carbocycles. The van der Waals surface area contributed by atoms with E-state index in [2.05, 4.69) is 5.32 Å². The molecule has 2 aliphatic rings. The van der Waals surface area contributed by atoms with Crippen LogP contribution in [0.5, 0.6) is 11.5 Å². The average molecular weight is 452 g/mol. The highest BCUT2D eigenvalue weighted by Gasteiger charge is 2.41. The summed E-state index contributed by atoms with van der Waals surface area (Å²) in [6.07, 6.45) is 2.14. The lowest BCUT2D eigenvalue weighted by atomic mass is 10.1. The molecule has 4 rings (SSSR count). The van der Waals surface area contributed by atoms with Crippen LogP contribution in [0.3, 0.4) is 0 Å². The van der Waals surface area contributed by atoms with Crippen molar-refractivity contribution in [1.82, 2.24) is 10.2 Å². The lowest BCUT2D eigenvalue weighted by Gasteiger charge is -2.26. The van der Waals surface area contributed by atoms with Crippen molar-refractivity contribution >= 4 is 23.4 Å². The van der Waals surface area contributed by atoms with Crippen molar-refractivity contribution < 1.29 is 23.9 Å². The quantitative estimate of drug-likeness (QED) is 0.667. The Balaban J connectivity index is 1.47. The fourth-order valence-corrected chi connectivity index (χ4v) is 4.23. The van der Waals surface area contributed by atoms with Crippen molar-refractivity contribution in [2.75, 3.05) is 32.7 Å². The molecule has 33 heavy (non-hydrogen) atoms. The SMILES string of the molecule is CNC(=O)c1ccc(CN(C(=O)C2CC(=O)N(c3ccc(OC)c(OC)c3)C2)C2CC2)cc1. The number of amides is 3. The van der Waals surface area contributed by atoms with E-state index < -0.39 is 5.92 Å². The van der Waals surface area contributed by atoms with E-state index in [1.807, 2.05) is 17.0 Å². The summed E-state index contributed by atoms with van der Waals surface area (Å²) >= 11 is 0. The summed E-state index contributed by atoms with van der Waals surface area (Å²) in [6, 6.07) is 12.8. The molecule has 1 saturated heterocycles. The molecule has 0 radical (unpaired) electrons. The number of anilines is 1. The minimum absolute atomic E-state index is 0.00389. The third-order valence-electron chi connectivity index (χ3n) is 6.22. The monoisotopic (exact) mass is 451 g/mol. The molecular formula is C25H29N3O5. The Morgan fingerprint density at radius 3 is 2.36 bits per heavy atom. The molecule has 0 aromatic heterocycles. The smallest absolute Gasteiger partial charge is 0.251 e. The van der Waals surface area contributed by atoms with Gasteiger partial charge in [-0.25, -0.2) is 0 Å². The number of methoxy groups -OCH3 is 2. The van der Waals surface area contributed by atoms with E-state index in [1.165, 1.54) is 0 Å². The van der Waals surface area contributed by atoms with Crippen LogP contribution in [-0.4, -0.2) is 56.5 Å². The Hall–Kier alpha value is -3.55. The van der Waals surface area contributed by atoms with Gasteiger partial charge >= 0.3 is 0 Å². The fraction of sp³-hybridized carbons (Fsp3) is 0.400. The Kier molecular flexibility index (Phi) is 6.53. The summed E-state index contributed by atoms with van der Waals surface area (Å²) in [5.74, 6) is 0.517. The van der Waals surface area contributed by atoms with Gasteiger partial charge in [-0.2, -0.15) is 0 Å². The molecule has 1 N–H and O–H groups in total. The topological polar surface area (TPSA) is 88.2 Å². The molecule has 8 heteroatoms. The van der Waals surface area contributed by atoms with E-state index >= 15 is 0 Å². The Bertz CT molecular complexity index is 1050. The predicted molar refractivity (Wildman–Crippen MR) is 123 cm³/mol. The van der Waals surface area contributed by atoms with Crippen molar-refractivity contribution in [3.8, 4) is 11.5 Å². The van der Waals surface area contributed by atoms with E-state index in [-0.39, 0.29) is 30.2 Å². The van der Waals surface area contributed by atoms with Crippen molar-refractivity contribution in [1.29, 1.82) is 0 Å². The molecule has 2 aromatic carbocycles. The van der Waals surface area contributed by atoms with Gasteiger partial charge in [-0.3, -0.25) is 14.4 Å². The second-order valence-electron chi connectivity index (χ2n) is 8.42. The van der Waals surface area contributed by atoms with Crippen molar-refractivity contribution in [2.24, 2.45) is 5.92 Å². The zero-order valence-electron chi connectivity index (χ0n) is 19.2. The van der Waals surface area contributed by atoms with Gasteiger partial charge < -0.3 is 24.6 Å². The summed E-state index contributed by atoms with van der Waals surface area (Å²) in [6.45, 7) is 0.810. The third kappa shape index (κ3) is 4.79. The predicted octanol–water partition coefficient (Wildman–Crippen LogP) is 2.61. The first kappa shape index (κ1) is 22.6. The van der Waals surface area contributed by atoms with Crippen LogP contribution in [0.1, 0.15) is 35.2 Å². The molecule has 1 aliphatic heterocycles. The van der Waals surface area contributed by atoms with E-state index in [4.69, 9.17) is 9.47 Å². The highest BCUT2D eigenvalue weighted by atomic mass is 16.5. The number of ether oxygens (including phenoxy) is 2. The van der Waals surface area contributed by atoms with Gasteiger partial charge in [0.05, 0.1) is 20.1 Å². The number of carbonyl (C=O) groups excluding carboxylic acids is 3. The minimum atomic E-state index is -0.392. The van der Waals surface area contributed by atoms with E-state index in [0.717, 1.165) is 18.4 Å². The van der Waals surface area contributed by atoms with Gasteiger partial charge in [-0.15, -0.1) is 0 Å². The molecule has 1 heterocycles. The molecular weight excluding hydrogens is 422 g/mol. The second kappa shape index (κ2) is 9.52. The fourth-order valence-electron chi connectivity index (χ4n) is 4.23. The first-order valence-corrected chi connectivity index (χ1v) is 11.1. The van der Waals surface area contributed by atoms with Gasteiger partial charge in [-0.05, 0) is 42.7 Å². The standard InChI is InChI=1S/C25H29N3O5/c1-26-24(30)17-6-4-16(5-7-17)14-28(19-8-9-19)25(31)18-12-23(29)27(15-18)20-10-11-21(32-2)22(13-20)33-3/h4-7,10-11,13,18-19H,8-9,12,14-15H2,1-3H3,(H,26,30). The van der Waals surface area contributed by atoms with E-state index in [1.54, 1.807) is 56.5 Å². The van der Waals surface area contributed by atoms with Crippen LogP contribution in [-0.2, 0) is 16.1 Å². The molecule has 1 atom stereocenters. The summed E-state index contributed by atoms with van der Waals surface area (Å²) in [4.78, 5) is 41.5. The van der Waals surface area contributed by atoms with Crippen LogP contribution in [0.15, 0.2) is 42.5 Å². The maximum Gasteiger partial charge on any atom is 0.251 e. The van der Waals surface area contributed by atoms with Gasteiger partial charge in [0.25, 0.3) is 5.91 Å². The number of benzene rings is 2. The summed E-state index contributed by atoms with van der Waals surface area (Å²) in [5.41, 5.74) is 2.23. The van der Waals surface area contributed by atoms with Crippen LogP contribution in [0, 0.1) is 5.92 Å². The molecule has 3 amide bonds. The van der Waals surface area contributed by atoms with Gasteiger partial charge in [0, 0.05) is 49.9 Å². The number of nitrogens with zero attached hydrogens (tertiary/aromatic N) is 2. The summed E-state index contributed by atoms with van der Waals surface area (Å²) < 4.78 is 10.6. The lowest BCUT2D eigenvalue weighted by Crippen LogP contribution is -2.38. The normalized spacial score (nSPS) is 17.6. The lowest BCUT2D eigenvalue weighted by molar-refractivity contribution is -0.137. The number of rotatable bonds is 8. The maximum atomic E-state index is 13.4. The third-order valence-corrected chi connectivity index (χ3v) is 6.22. The number of nitrogens with one attached hydrogen (secondary N) is 1. The Labute approximate surface area is 193 Å². The molecule has 1 saturated carbocycles. The summed E-state index contributed by atoms with van der Waals surface area (Å²) in [7, 11) is 4.71. The van der Waals surface area contributed by atoms with E-state index in [9.17, 15) is 14.4 Å². The molecule has 174 valence electrons. The van der Waals surface area contributed by atoms with Crippen LogP contribution in [0.25, 0.3) is 0 Å². The molecule has 8 nitrogen and oxygen atoms in total. The zero-order chi connectivity index (χ0) is 23.5. The number of hydrogen-bond donors (Lipinski definition) is 1. The van der Waals surface area contributed by atoms with Crippen LogP contribution < -0.4 is 19.7 Å². The first-order valence-electron chi connectivity index (χ1n) is 11.1. The molecule has 2 fully saturated rings. The zero-order valence-corrected chi connectivity index (χ0v) is 19.2. The van der Waals surface area contributed by atoms with Crippen molar-refractivity contribution in [3.05, 3.63) is 53.6 Å². The van der Waals surface area contributed by atoms with E-state index in [0.29, 0.717) is 35.8 Å². The average Bonchev–Trinajstić information content (AvgIpc) is 3.62. The molecule has 1 unspecified atom stereocenters. The molecule has 0 bridgehead atoms. The summed E-state index contributed by atoms with van der Waals surface area (Å²) in [5, 5.41) is 2.61. The Morgan fingerprint density at radius 1 is 1.06 bits per heavy atom. The van der Waals surface area contributed by atoms with Gasteiger partial charge in [0.1, 0.15) is 0 Å². The van der Waals surface area contributed by atoms with Gasteiger partial charge in [-0.1, -0.05) is 12.1 Å².